The van der Waals surface area contributed by atoms with Crippen LogP contribution in [0.1, 0.15) is 16.1 Å². The molecule has 2 aromatic carbocycles. The molecule has 0 N–H and O–H groups in total. The number of nitro benzene ring substituents is 1. The van der Waals surface area contributed by atoms with Crippen LogP contribution in [0, 0.1) is 17.0 Å². The van der Waals surface area contributed by atoms with Crippen LogP contribution in [0.5, 0.6) is 5.75 Å². The van der Waals surface area contributed by atoms with Crippen molar-refractivity contribution in [3.05, 3.63) is 68.4 Å². The zero-order valence-electron chi connectivity index (χ0n) is 17.6. The zero-order valence-corrected chi connectivity index (χ0v) is 19.2. The van der Waals surface area contributed by atoms with Gasteiger partial charge >= 0.3 is 0 Å². The number of carbonyl (C=O) groups is 1. The number of methoxy groups -OCH3 is 1. The second kappa shape index (κ2) is 8.99. The molecule has 1 saturated heterocycles. The summed E-state index contributed by atoms with van der Waals surface area (Å²) < 4.78 is 11.5. The number of carbonyl (C=O) groups excluding carboxylic acids is 1. The standard InChI is InChI=1S/C22H21BrN4O5/c1-14-20(21(24-32-14)16-5-3-4-6-19(16)31-2)22(28)26-11-9-25(10-12-26)18-8-7-15(27(29)30)13-17(18)23/h3-8,13H,9-12H2,1-2H3. The Bertz CT molecular complexity index is 1170. The molecule has 0 atom stereocenters. The molecule has 0 spiro atoms. The van der Waals surface area contributed by atoms with Crippen LogP contribution in [0.3, 0.4) is 0 Å². The lowest BCUT2D eigenvalue weighted by Gasteiger charge is -2.36. The highest BCUT2D eigenvalue weighted by molar-refractivity contribution is 9.10. The van der Waals surface area contributed by atoms with Crippen LogP contribution in [0.4, 0.5) is 11.4 Å². The average molecular weight is 501 g/mol. The van der Waals surface area contributed by atoms with E-state index < -0.39 is 4.92 Å². The first kappa shape index (κ1) is 21.8. The molecule has 10 heteroatoms. The van der Waals surface area contributed by atoms with E-state index in [9.17, 15) is 14.9 Å². The largest absolute Gasteiger partial charge is 0.496 e. The maximum absolute atomic E-state index is 13.4. The number of nitrogens with zero attached hydrogens (tertiary/aromatic N) is 4. The molecule has 3 aromatic rings. The summed E-state index contributed by atoms with van der Waals surface area (Å²) in [6, 6.07) is 12.1. The van der Waals surface area contributed by atoms with Gasteiger partial charge in [0.1, 0.15) is 22.8 Å². The summed E-state index contributed by atoms with van der Waals surface area (Å²) >= 11 is 3.43. The number of aromatic nitrogens is 1. The lowest BCUT2D eigenvalue weighted by molar-refractivity contribution is -0.384. The highest BCUT2D eigenvalue weighted by atomic mass is 79.9. The number of amides is 1. The molecule has 9 nitrogen and oxygen atoms in total. The van der Waals surface area contributed by atoms with Gasteiger partial charge in [0.2, 0.25) is 0 Å². The van der Waals surface area contributed by atoms with E-state index in [-0.39, 0.29) is 11.6 Å². The van der Waals surface area contributed by atoms with Gasteiger partial charge in [-0.1, -0.05) is 17.3 Å². The van der Waals surface area contributed by atoms with E-state index in [4.69, 9.17) is 9.26 Å². The van der Waals surface area contributed by atoms with Gasteiger partial charge in [-0.2, -0.15) is 0 Å². The molecule has 0 unspecified atom stereocenters. The van der Waals surface area contributed by atoms with Crippen LogP contribution in [-0.2, 0) is 0 Å². The van der Waals surface area contributed by atoms with Crippen LogP contribution < -0.4 is 9.64 Å². The number of para-hydroxylation sites is 1. The van der Waals surface area contributed by atoms with Gasteiger partial charge in [-0.25, -0.2) is 0 Å². The van der Waals surface area contributed by atoms with E-state index in [0.29, 0.717) is 59.0 Å². The molecule has 0 bridgehead atoms. The van der Waals surface area contributed by atoms with Crippen molar-refractivity contribution >= 4 is 33.2 Å². The van der Waals surface area contributed by atoms with E-state index in [0.717, 1.165) is 5.69 Å². The Labute approximate surface area is 192 Å². The maximum atomic E-state index is 13.4. The summed E-state index contributed by atoms with van der Waals surface area (Å²) in [6.07, 6.45) is 0. The molecule has 32 heavy (non-hydrogen) atoms. The number of halogens is 1. The molecule has 0 aliphatic carbocycles. The van der Waals surface area contributed by atoms with Crippen LogP contribution in [0.15, 0.2) is 51.5 Å². The molecule has 166 valence electrons. The lowest BCUT2D eigenvalue weighted by Crippen LogP contribution is -2.49. The zero-order chi connectivity index (χ0) is 22.8. The normalized spacial score (nSPS) is 13.8. The molecule has 1 aromatic heterocycles. The number of benzene rings is 2. The Hall–Kier alpha value is -3.40. The second-order valence-electron chi connectivity index (χ2n) is 7.33. The van der Waals surface area contributed by atoms with Gasteiger partial charge in [-0.3, -0.25) is 14.9 Å². The van der Waals surface area contributed by atoms with Crippen molar-refractivity contribution in [2.75, 3.05) is 38.2 Å². The van der Waals surface area contributed by atoms with Gasteiger partial charge in [0.05, 0.1) is 17.7 Å². The van der Waals surface area contributed by atoms with Gasteiger partial charge in [0.15, 0.2) is 0 Å². The molecule has 4 rings (SSSR count). The van der Waals surface area contributed by atoms with Crippen molar-refractivity contribution in [2.24, 2.45) is 0 Å². The first-order chi connectivity index (χ1) is 15.4. The lowest BCUT2D eigenvalue weighted by atomic mass is 10.0. The molecule has 1 aliphatic heterocycles. The molecule has 0 radical (unpaired) electrons. The summed E-state index contributed by atoms with van der Waals surface area (Å²) in [4.78, 5) is 27.8. The Balaban J connectivity index is 1.53. The number of nitro groups is 1. The van der Waals surface area contributed by atoms with Gasteiger partial charge in [-0.05, 0) is 41.1 Å². The summed E-state index contributed by atoms with van der Waals surface area (Å²) in [5.41, 5.74) is 2.48. The molecule has 1 fully saturated rings. The molecular weight excluding hydrogens is 480 g/mol. The summed E-state index contributed by atoms with van der Waals surface area (Å²) in [5.74, 6) is 0.922. The van der Waals surface area contributed by atoms with Gasteiger partial charge in [0.25, 0.3) is 11.6 Å². The minimum Gasteiger partial charge on any atom is -0.496 e. The monoisotopic (exact) mass is 500 g/mol. The quantitative estimate of drug-likeness (QED) is 0.380. The fourth-order valence-corrected chi connectivity index (χ4v) is 4.44. The molecule has 1 aliphatic rings. The minimum atomic E-state index is -0.425. The van der Waals surface area contributed by atoms with Crippen molar-refractivity contribution in [2.45, 2.75) is 6.92 Å². The average Bonchev–Trinajstić information content (AvgIpc) is 3.19. The number of anilines is 1. The van der Waals surface area contributed by atoms with Crippen LogP contribution in [-0.4, -0.2) is 54.2 Å². The first-order valence-corrected chi connectivity index (χ1v) is 10.8. The number of piperazine rings is 1. The number of aryl methyl sites for hydroxylation is 1. The van der Waals surface area contributed by atoms with Gasteiger partial charge in [-0.15, -0.1) is 0 Å². The molecule has 0 saturated carbocycles. The van der Waals surface area contributed by atoms with E-state index in [1.165, 1.54) is 12.1 Å². The van der Waals surface area contributed by atoms with E-state index in [1.807, 2.05) is 24.3 Å². The van der Waals surface area contributed by atoms with Crippen LogP contribution >= 0.6 is 15.9 Å². The number of hydrogen-bond acceptors (Lipinski definition) is 7. The van der Waals surface area contributed by atoms with Crippen LogP contribution in [0.25, 0.3) is 11.3 Å². The molecule has 1 amide bonds. The maximum Gasteiger partial charge on any atom is 0.270 e. The third kappa shape index (κ3) is 4.05. The molecular formula is C22H21BrN4O5. The Morgan fingerprint density at radius 3 is 2.56 bits per heavy atom. The van der Waals surface area contributed by atoms with Crippen molar-refractivity contribution in [1.82, 2.24) is 10.1 Å². The number of non-ortho nitro benzene ring substituents is 1. The summed E-state index contributed by atoms with van der Waals surface area (Å²) in [7, 11) is 1.57. The predicted molar refractivity (Wildman–Crippen MR) is 122 cm³/mol. The topological polar surface area (TPSA) is 102 Å². The van der Waals surface area contributed by atoms with E-state index in [2.05, 4.69) is 26.0 Å². The van der Waals surface area contributed by atoms with E-state index >= 15 is 0 Å². The molecule has 2 heterocycles. The minimum absolute atomic E-state index is 0.0289. The van der Waals surface area contributed by atoms with Crippen LogP contribution in [0.2, 0.25) is 0 Å². The van der Waals surface area contributed by atoms with Gasteiger partial charge < -0.3 is 19.1 Å². The SMILES string of the molecule is COc1ccccc1-c1noc(C)c1C(=O)N1CCN(c2ccc([N+](=O)[O-])cc2Br)CC1. The number of rotatable bonds is 5. The number of hydrogen-bond donors (Lipinski definition) is 0. The summed E-state index contributed by atoms with van der Waals surface area (Å²) in [5, 5.41) is 15.1. The fraction of sp³-hybridized carbons (Fsp3) is 0.273. The van der Waals surface area contributed by atoms with Gasteiger partial charge in [0, 0.05) is 48.3 Å². The first-order valence-electron chi connectivity index (χ1n) is 9.98. The third-order valence-corrected chi connectivity index (χ3v) is 6.12. The highest BCUT2D eigenvalue weighted by Crippen LogP contribution is 2.34. The Morgan fingerprint density at radius 2 is 1.91 bits per heavy atom. The highest BCUT2D eigenvalue weighted by Gasteiger charge is 2.30. The smallest absolute Gasteiger partial charge is 0.270 e. The Morgan fingerprint density at radius 1 is 1.19 bits per heavy atom. The third-order valence-electron chi connectivity index (χ3n) is 5.49. The Kier molecular flexibility index (Phi) is 6.13. The summed E-state index contributed by atoms with van der Waals surface area (Å²) in [6.45, 7) is 3.91. The predicted octanol–water partition coefficient (Wildman–Crippen LogP) is 4.29. The van der Waals surface area contributed by atoms with Crippen molar-refractivity contribution in [3.63, 3.8) is 0 Å². The van der Waals surface area contributed by atoms with Crippen molar-refractivity contribution in [3.8, 4) is 17.0 Å². The fourth-order valence-electron chi connectivity index (χ4n) is 3.82. The number of ether oxygens (including phenoxy) is 1. The van der Waals surface area contributed by atoms with E-state index in [1.54, 1.807) is 25.0 Å². The van der Waals surface area contributed by atoms with Crippen molar-refractivity contribution < 1.29 is 19.0 Å². The van der Waals surface area contributed by atoms with Crippen molar-refractivity contribution in [1.29, 1.82) is 0 Å². The second-order valence-corrected chi connectivity index (χ2v) is 8.19.